The van der Waals surface area contributed by atoms with Gasteiger partial charge in [-0.1, -0.05) is 42.5 Å². The zero-order valence-corrected chi connectivity index (χ0v) is 15.1. The van der Waals surface area contributed by atoms with E-state index in [1.165, 1.54) is 29.1 Å². The molecule has 0 fully saturated rings. The van der Waals surface area contributed by atoms with Gasteiger partial charge in [0.1, 0.15) is 17.2 Å². The summed E-state index contributed by atoms with van der Waals surface area (Å²) in [5, 5.41) is 11.7. The summed E-state index contributed by atoms with van der Waals surface area (Å²) < 4.78 is 13.0. The number of amides is 1. The van der Waals surface area contributed by atoms with Gasteiger partial charge in [-0.2, -0.15) is 15.0 Å². The topological polar surface area (TPSA) is 59.8 Å². The molecule has 1 N–H and O–H groups in total. The highest BCUT2D eigenvalue weighted by Crippen LogP contribution is 2.29. The third-order valence-electron chi connectivity index (χ3n) is 4.26. The Balaban J connectivity index is 1.66. The summed E-state index contributed by atoms with van der Waals surface area (Å²) in [5.41, 5.74) is 4.20. The van der Waals surface area contributed by atoms with Gasteiger partial charge < -0.3 is 5.32 Å². The molecule has 0 unspecified atom stereocenters. The Kier molecular flexibility index (Phi) is 4.68. The van der Waals surface area contributed by atoms with Crippen molar-refractivity contribution >= 4 is 11.6 Å². The molecule has 0 aliphatic rings. The molecule has 138 valence electrons. The van der Waals surface area contributed by atoms with Gasteiger partial charge >= 0.3 is 0 Å². The Morgan fingerprint density at radius 3 is 2.21 bits per heavy atom. The van der Waals surface area contributed by atoms with Crippen LogP contribution in [0.3, 0.4) is 0 Å². The van der Waals surface area contributed by atoms with Crippen molar-refractivity contribution in [1.82, 2.24) is 15.0 Å². The highest BCUT2D eigenvalue weighted by molar-refractivity contribution is 6.05. The van der Waals surface area contributed by atoms with E-state index < -0.39 is 0 Å². The van der Waals surface area contributed by atoms with Gasteiger partial charge in [0.05, 0.1) is 0 Å². The molecule has 0 radical (unpaired) electrons. The van der Waals surface area contributed by atoms with E-state index in [1.807, 2.05) is 36.4 Å². The van der Waals surface area contributed by atoms with Crippen molar-refractivity contribution in [3.05, 3.63) is 90.2 Å². The highest BCUT2D eigenvalue weighted by Gasteiger charge is 2.15. The van der Waals surface area contributed by atoms with Crippen molar-refractivity contribution in [2.24, 2.45) is 7.05 Å². The summed E-state index contributed by atoms with van der Waals surface area (Å²) in [4.78, 5) is 14.1. The number of hydrogen-bond acceptors (Lipinski definition) is 3. The maximum absolute atomic E-state index is 13.0. The van der Waals surface area contributed by atoms with Crippen LogP contribution in [-0.4, -0.2) is 20.9 Å². The molecule has 1 heterocycles. The molecular weight excluding hydrogens is 355 g/mol. The zero-order valence-electron chi connectivity index (χ0n) is 15.1. The fourth-order valence-corrected chi connectivity index (χ4v) is 2.94. The van der Waals surface area contributed by atoms with Crippen LogP contribution in [0.2, 0.25) is 0 Å². The van der Waals surface area contributed by atoms with Crippen LogP contribution < -0.4 is 5.32 Å². The molecule has 5 nitrogen and oxygen atoms in total. The fraction of sp³-hybridized carbons (Fsp3) is 0.0455. The normalized spacial score (nSPS) is 10.6. The molecule has 6 heteroatoms. The van der Waals surface area contributed by atoms with Crippen molar-refractivity contribution in [2.75, 3.05) is 5.32 Å². The standard InChI is InChI=1S/C22H17FN4O/c1-27-25-20(15-6-3-2-4-7-15)21(26-27)16-8-5-9-17(14-16)22(28)24-19-12-10-18(23)11-13-19/h2-14H,1H3,(H,24,28). The zero-order chi connectivity index (χ0) is 19.5. The van der Waals surface area contributed by atoms with Crippen LogP contribution in [0.1, 0.15) is 10.4 Å². The van der Waals surface area contributed by atoms with Crippen molar-refractivity contribution in [3.63, 3.8) is 0 Å². The summed E-state index contributed by atoms with van der Waals surface area (Å²) in [5.74, 6) is -0.630. The quantitative estimate of drug-likeness (QED) is 0.572. The van der Waals surface area contributed by atoms with Crippen LogP contribution in [0.5, 0.6) is 0 Å². The van der Waals surface area contributed by atoms with Crippen LogP contribution in [0.15, 0.2) is 78.9 Å². The molecule has 3 aromatic carbocycles. The number of aromatic nitrogens is 3. The lowest BCUT2D eigenvalue weighted by molar-refractivity contribution is 0.102. The van der Waals surface area contributed by atoms with Gasteiger partial charge in [0.2, 0.25) is 0 Å². The number of nitrogens with one attached hydrogen (secondary N) is 1. The molecule has 1 aromatic heterocycles. The molecule has 0 saturated heterocycles. The minimum absolute atomic E-state index is 0.279. The van der Waals surface area contributed by atoms with E-state index >= 15 is 0 Å². The Hall–Kier alpha value is -3.80. The average Bonchev–Trinajstić information content (AvgIpc) is 3.12. The smallest absolute Gasteiger partial charge is 0.255 e. The summed E-state index contributed by atoms with van der Waals surface area (Å²) in [6.45, 7) is 0. The minimum atomic E-state index is -0.351. The first-order chi connectivity index (χ1) is 13.6. The Labute approximate surface area is 161 Å². The second-order valence-corrected chi connectivity index (χ2v) is 6.29. The summed E-state index contributed by atoms with van der Waals surface area (Å²) in [6.07, 6.45) is 0. The molecule has 4 aromatic rings. The number of halogens is 1. The molecule has 0 aliphatic carbocycles. The maximum atomic E-state index is 13.0. The van der Waals surface area contributed by atoms with E-state index in [4.69, 9.17) is 0 Å². The van der Waals surface area contributed by atoms with E-state index in [2.05, 4.69) is 15.5 Å². The molecule has 28 heavy (non-hydrogen) atoms. The molecule has 0 atom stereocenters. The van der Waals surface area contributed by atoms with E-state index in [9.17, 15) is 9.18 Å². The van der Waals surface area contributed by atoms with Crippen LogP contribution >= 0.6 is 0 Å². The molecule has 0 spiro atoms. The summed E-state index contributed by atoms with van der Waals surface area (Å²) >= 11 is 0. The first kappa shape index (κ1) is 17.6. The van der Waals surface area contributed by atoms with E-state index in [0.717, 1.165) is 16.8 Å². The number of nitrogens with zero attached hydrogens (tertiary/aromatic N) is 3. The Morgan fingerprint density at radius 2 is 1.50 bits per heavy atom. The maximum Gasteiger partial charge on any atom is 0.255 e. The van der Waals surface area contributed by atoms with Crippen molar-refractivity contribution in [1.29, 1.82) is 0 Å². The lowest BCUT2D eigenvalue weighted by Crippen LogP contribution is -2.11. The third-order valence-corrected chi connectivity index (χ3v) is 4.26. The van der Waals surface area contributed by atoms with E-state index in [0.29, 0.717) is 16.9 Å². The molecule has 0 aliphatic heterocycles. The summed E-state index contributed by atoms with van der Waals surface area (Å²) in [7, 11) is 1.76. The van der Waals surface area contributed by atoms with Gasteiger partial charge in [0.15, 0.2) is 0 Å². The van der Waals surface area contributed by atoms with E-state index in [-0.39, 0.29) is 11.7 Å². The monoisotopic (exact) mass is 372 g/mol. The second kappa shape index (κ2) is 7.44. The van der Waals surface area contributed by atoms with Crippen molar-refractivity contribution < 1.29 is 9.18 Å². The number of anilines is 1. The Morgan fingerprint density at radius 1 is 0.857 bits per heavy atom. The lowest BCUT2D eigenvalue weighted by atomic mass is 10.0. The van der Waals surface area contributed by atoms with Gasteiger partial charge in [-0.15, -0.1) is 0 Å². The molecule has 0 saturated carbocycles. The van der Waals surface area contributed by atoms with Gasteiger partial charge in [-0.05, 0) is 36.4 Å². The molecular formula is C22H17FN4O. The largest absolute Gasteiger partial charge is 0.322 e. The van der Waals surface area contributed by atoms with Crippen molar-refractivity contribution in [2.45, 2.75) is 0 Å². The number of benzene rings is 3. The van der Waals surface area contributed by atoms with Gasteiger partial charge in [0.25, 0.3) is 5.91 Å². The predicted octanol–water partition coefficient (Wildman–Crippen LogP) is 4.54. The summed E-state index contributed by atoms with van der Waals surface area (Å²) in [6, 6.07) is 22.6. The lowest BCUT2D eigenvalue weighted by Gasteiger charge is -2.07. The van der Waals surface area contributed by atoms with Crippen LogP contribution in [0.4, 0.5) is 10.1 Å². The van der Waals surface area contributed by atoms with Gasteiger partial charge in [-0.25, -0.2) is 4.39 Å². The number of carbonyl (C=O) groups excluding carboxylic acids is 1. The number of rotatable bonds is 4. The fourth-order valence-electron chi connectivity index (χ4n) is 2.94. The van der Waals surface area contributed by atoms with Gasteiger partial charge in [0, 0.05) is 29.4 Å². The number of aryl methyl sites for hydroxylation is 1. The highest BCUT2D eigenvalue weighted by atomic mass is 19.1. The molecule has 0 bridgehead atoms. The first-order valence-corrected chi connectivity index (χ1v) is 8.74. The second-order valence-electron chi connectivity index (χ2n) is 6.29. The van der Waals surface area contributed by atoms with Crippen LogP contribution in [0.25, 0.3) is 22.5 Å². The van der Waals surface area contributed by atoms with E-state index in [1.54, 1.807) is 25.2 Å². The molecule has 4 rings (SSSR count). The van der Waals surface area contributed by atoms with Crippen LogP contribution in [-0.2, 0) is 7.05 Å². The first-order valence-electron chi connectivity index (χ1n) is 8.74. The third kappa shape index (κ3) is 3.66. The average molecular weight is 372 g/mol. The number of carbonyl (C=O) groups is 1. The van der Waals surface area contributed by atoms with Gasteiger partial charge in [-0.3, -0.25) is 4.79 Å². The number of hydrogen-bond donors (Lipinski definition) is 1. The SMILES string of the molecule is Cn1nc(-c2ccccc2)c(-c2cccc(C(=O)Nc3ccc(F)cc3)c2)n1. The predicted molar refractivity (Wildman–Crippen MR) is 106 cm³/mol. The minimum Gasteiger partial charge on any atom is -0.322 e. The van der Waals surface area contributed by atoms with Crippen LogP contribution in [0, 0.1) is 5.82 Å². The molecule has 1 amide bonds. The van der Waals surface area contributed by atoms with Crippen molar-refractivity contribution in [3.8, 4) is 22.5 Å². The Bertz CT molecular complexity index is 1120.